The molecule has 7 heteroatoms. The van der Waals surface area contributed by atoms with Crippen molar-refractivity contribution in [1.82, 2.24) is 14.7 Å². The number of nitrogens with one attached hydrogen (secondary N) is 1. The molecule has 1 aromatic carbocycles. The molecule has 0 radical (unpaired) electrons. The predicted octanol–water partition coefficient (Wildman–Crippen LogP) is 2.60. The average molecular weight is 352 g/mol. The van der Waals surface area contributed by atoms with Gasteiger partial charge < -0.3 is 5.32 Å². The molecule has 1 aromatic heterocycles. The number of fused-ring (bicyclic) bond motifs is 1. The molecule has 0 bridgehead atoms. The largest absolute Gasteiger partial charge is 0.319 e. The van der Waals surface area contributed by atoms with Gasteiger partial charge in [-0.15, -0.1) is 0 Å². The molecule has 1 saturated carbocycles. The maximum absolute atomic E-state index is 12.8. The summed E-state index contributed by atoms with van der Waals surface area (Å²) in [6.07, 6.45) is 8.18. The Morgan fingerprint density at radius 2 is 1.85 bits per heavy atom. The number of carbonyl (C=O) groups is 3. The molecule has 0 spiro atoms. The second-order valence-corrected chi connectivity index (χ2v) is 6.89. The predicted molar refractivity (Wildman–Crippen MR) is 95.0 cm³/mol. The maximum Gasteiger partial charge on any atom is 0.261 e. The van der Waals surface area contributed by atoms with Crippen LogP contribution in [0.3, 0.4) is 0 Å². The summed E-state index contributed by atoms with van der Waals surface area (Å²) in [4.78, 5) is 39.3. The molecule has 3 amide bonds. The van der Waals surface area contributed by atoms with Gasteiger partial charge in [0.25, 0.3) is 17.7 Å². The van der Waals surface area contributed by atoms with Gasteiger partial charge in [0.2, 0.25) is 0 Å². The number of rotatable bonds is 3. The van der Waals surface area contributed by atoms with E-state index in [1.165, 1.54) is 11.0 Å². The standard InChI is InChI=1S/C19H20N4O3/c1-22-11-13(10-20-22)21-17(24)12-7-8-15-16(9-12)19(26)23(18(15)25)14-5-3-2-4-6-14/h7-11,14H,2-6H2,1H3,(H,21,24). The van der Waals surface area contributed by atoms with Crippen molar-refractivity contribution in [2.45, 2.75) is 38.1 Å². The van der Waals surface area contributed by atoms with Gasteiger partial charge in [-0.25, -0.2) is 0 Å². The third kappa shape index (κ3) is 2.79. The number of imide groups is 1. The molecular weight excluding hydrogens is 332 g/mol. The van der Waals surface area contributed by atoms with Gasteiger partial charge in [-0.1, -0.05) is 19.3 Å². The van der Waals surface area contributed by atoms with E-state index >= 15 is 0 Å². The first-order valence-electron chi connectivity index (χ1n) is 8.86. The molecule has 1 N–H and O–H groups in total. The van der Waals surface area contributed by atoms with Gasteiger partial charge in [0.15, 0.2) is 0 Å². The zero-order valence-corrected chi connectivity index (χ0v) is 14.6. The number of aromatic nitrogens is 2. The lowest BCUT2D eigenvalue weighted by Crippen LogP contribution is -2.40. The lowest BCUT2D eigenvalue weighted by molar-refractivity contribution is 0.0549. The second-order valence-electron chi connectivity index (χ2n) is 6.89. The van der Waals surface area contributed by atoms with E-state index in [0.29, 0.717) is 22.4 Å². The fourth-order valence-corrected chi connectivity index (χ4v) is 3.76. The summed E-state index contributed by atoms with van der Waals surface area (Å²) in [5.41, 5.74) is 1.63. The number of hydrogen-bond donors (Lipinski definition) is 1. The highest BCUT2D eigenvalue weighted by Gasteiger charge is 2.40. The minimum atomic E-state index is -0.336. The molecule has 1 aliphatic heterocycles. The van der Waals surface area contributed by atoms with Crippen molar-refractivity contribution in [1.29, 1.82) is 0 Å². The normalized spacial score (nSPS) is 17.5. The Hall–Kier alpha value is -2.96. The van der Waals surface area contributed by atoms with E-state index in [2.05, 4.69) is 10.4 Å². The molecule has 4 rings (SSSR count). The van der Waals surface area contributed by atoms with Crippen molar-refractivity contribution in [2.24, 2.45) is 7.05 Å². The van der Waals surface area contributed by atoms with Crippen LogP contribution in [0.5, 0.6) is 0 Å². The minimum Gasteiger partial charge on any atom is -0.319 e. The first-order chi connectivity index (χ1) is 12.5. The highest BCUT2D eigenvalue weighted by Crippen LogP contribution is 2.31. The van der Waals surface area contributed by atoms with Crippen molar-refractivity contribution in [3.63, 3.8) is 0 Å². The van der Waals surface area contributed by atoms with Crippen LogP contribution >= 0.6 is 0 Å². The minimum absolute atomic E-state index is 0.0242. The lowest BCUT2D eigenvalue weighted by Gasteiger charge is -2.29. The monoisotopic (exact) mass is 352 g/mol. The van der Waals surface area contributed by atoms with Crippen molar-refractivity contribution < 1.29 is 14.4 Å². The number of benzene rings is 1. The Kier molecular flexibility index (Phi) is 4.06. The summed E-state index contributed by atoms with van der Waals surface area (Å²) in [6.45, 7) is 0. The Morgan fingerprint density at radius 3 is 2.54 bits per heavy atom. The average Bonchev–Trinajstić information content (AvgIpc) is 3.16. The number of aryl methyl sites for hydroxylation is 1. The molecular formula is C19H20N4O3. The number of hydrogen-bond acceptors (Lipinski definition) is 4. The summed E-state index contributed by atoms with van der Waals surface area (Å²) in [5.74, 6) is -0.860. The van der Waals surface area contributed by atoms with Gasteiger partial charge in [-0.2, -0.15) is 5.10 Å². The van der Waals surface area contributed by atoms with Gasteiger partial charge in [0, 0.05) is 24.8 Å². The summed E-state index contributed by atoms with van der Waals surface area (Å²) >= 11 is 0. The van der Waals surface area contributed by atoms with E-state index in [1.807, 2.05) is 0 Å². The molecule has 1 fully saturated rings. The van der Waals surface area contributed by atoms with Crippen LogP contribution in [0.2, 0.25) is 0 Å². The SMILES string of the molecule is Cn1cc(NC(=O)c2ccc3c(c2)C(=O)N(C2CCCCC2)C3=O)cn1. The Morgan fingerprint density at radius 1 is 1.12 bits per heavy atom. The zero-order chi connectivity index (χ0) is 18.3. The van der Waals surface area contributed by atoms with Crippen LogP contribution in [0.15, 0.2) is 30.6 Å². The van der Waals surface area contributed by atoms with E-state index < -0.39 is 0 Å². The number of carbonyl (C=O) groups excluding carboxylic acids is 3. The maximum atomic E-state index is 12.8. The zero-order valence-electron chi connectivity index (χ0n) is 14.6. The molecule has 1 aliphatic carbocycles. The van der Waals surface area contributed by atoms with Crippen molar-refractivity contribution in [3.05, 3.63) is 47.3 Å². The lowest BCUT2D eigenvalue weighted by atomic mass is 9.94. The Labute approximate surface area is 151 Å². The molecule has 26 heavy (non-hydrogen) atoms. The second kappa shape index (κ2) is 6.40. The van der Waals surface area contributed by atoms with E-state index in [-0.39, 0.29) is 23.8 Å². The summed E-state index contributed by atoms with van der Waals surface area (Å²) < 4.78 is 1.59. The van der Waals surface area contributed by atoms with Crippen LogP contribution in [0.1, 0.15) is 63.2 Å². The fourth-order valence-electron chi connectivity index (χ4n) is 3.76. The Bertz CT molecular complexity index is 896. The van der Waals surface area contributed by atoms with Gasteiger partial charge in [-0.3, -0.25) is 24.0 Å². The summed E-state index contributed by atoms with van der Waals surface area (Å²) in [7, 11) is 1.76. The molecule has 134 valence electrons. The summed E-state index contributed by atoms with van der Waals surface area (Å²) in [5, 5.41) is 6.74. The third-order valence-corrected chi connectivity index (χ3v) is 5.08. The van der Waals surface area contributed by atoms with E-state index in [0.717, 1.165) is 32.1 Å². The fraction of sp³-hybridized carbons (Fsp3) is 0.368. The van der Waals surface area contributed by atoms with Crippen LogP contribution in [-0.2, 0) is 7.05 Å². The highest BCUT2D eigenvalue weighted by atomic mass is 16.2. The van der Waals surface area contributed by atoms with Crippen LogP contribution < -0.4 is 5.32 Å². The van der Waals surface area contributed by atoms with Gasteiger partial charge in [0.05, 0.1) is 23.0 Å². The van der Waals surface area contributed by atoms with Crippen molar-refractivity contribution in [3.8, 4) is 0 Å². The topological polar surface area (TPSA) is 84.3 Å². The van der Waals surface area contributed by atoms with Gasteiger partial charge in [-0.05, 0) is 31.0 Å². The third-order valence-electron chi connectivity index (χ3n) is 5.08. The van der Waals surface area contributed by atoms with Crippen LogP contribution in [0.4, 0.5) is 5.69 Å². The number of anilines is 1. The molecule has 2 aromatic rings. The molecule has 0 atom stereocenters. The molecule has 0 unspecified atom stereocenters. The van der Waals surface area contributed by atoms with Crippen molar-refractivity contribution in [2.75, 3.05) is 5.32 Å². The van der Waals surface area contributed by atoms with Gasteiger partial charge in [0.1, 0.15) is 0 Å². The first-order valence-corrected chi connectivity index (χ1v) is 8.86. The number of nitrogens with zero attached hydrogens (tertiary/aromatic N) is 3. The van der Waals surface area contributed by atoms with Crippen LogP contribution in [0.25, 0.3) is 0 Å². The molecule has 0 saturated heterocycles. The van der Waals surface area contributed by atoms with Crippen LogP contribution in [-0.4, -0.2) is 38.4 Å². The highest BCUT2D eigenvalue weighted by molar-refractivity contribution is 6.22. The smallest absolute Gasteiger partial charge is 0.261 e. The quantitative estimate of drug-likeness (QED) is 0.861. The van der Waals surface area contributed by atoms with E-state index in [9.17, 15) is 14.4 Å². The number of amides is 3. The molecule has 2 aliphatic rings. The van der Waals surface area contributed by atoms with Gasteiger partial charge >= 0.3 is 0 Å². The molecule has 7 nitrogen and oxygen atoms in total. The summed E-state index contributed by atoms with van der Waals surface area (Å²) in [6, 6.07) is 4.66. The van der Waals surface area contributed by atoms with E-state index in [4.69, 9.17) is 0 Å². The van der Waals surface area contributed by atoms with E-state index in [1.54, 1.807) is 36.3 Å². The molecule has 2 heterocycles. The Balaban J connectivity index is 1.58. The van der Waals surface area contributed by atoms with Crippen LogP contribution in [0, 0.1) is 0 Å². The first kappa shape index (κ1) is 16.5. The van der Waals surface area contributed by atoms with Crippen molar-refractivity contribution >= 4 is 23.4 Å².